The molecule has 2 aromatic carbocycles. The highest BCUT2D eigenvalue weighted by molar-refractivity contribution is 7.07. The molecule has 0 saturated heterocycles. The number of hydrogen-bond acceptors (Lipinski definition) is 6. The summed E-state index contributed by atoms with van der Waals surface area (Å²) in [6.07, 6.45) is 1.66. The maximum atomic E-state index is 13.8. The number of halogens is 1. The van der Waals surface area contributed by atoms with Gasteiger partial charge in [-0.05, 0) is 43.7 Å². The van der Waals surface area contributed by atoms with Crippen LogP contribution in [0.1, 0.15) is 35.6 Å². The molecular formula is C27H21FN2O4S. The van der Waals surface area contributed by atoms with Crippen molar-refractivity contribution in [2.75, 3.05) is 6.61 Å². The van der Waals surface area contributed by atoms with E-state index in [1.807, 2.05) is 43.3 Å². The standard InChI is InChI=1S/C27H21FN2O4S/c1-3-33-26(32)22-23(17-7-5-4-6-8-17)29-27-30(24(22)18-10-12-19(28)13-11-18)25(31)21(35-27)15-20-14-9-16(2)34-20/h4-15,24H,3H2,1-2H3/b21-15-. The van der Waals surface area contributed by atoms with E-state index < -0.39 is 17.8 Å². The molecule has 1 atom stereocenters. The first kappa shape index (κ1) is 22.7. The van der Waals surface area contributed by atoms with E-state index in [2.05, 4.69) is 0 Å². The third kappa shape index (κ3) is 4.28. The summed E-state index contributed by atoms with van der Waals surface area (Å²) in [4.78, 5) is 32.1. The summed E-state index contributed by atoms with van der Waals surface area (Å²) in [5.74, 6) is 0.267. The molecule has 2 aromatic heterocycles. The molecule has 0 bridgehead atoms. The number of carbonyl (C=O) groups excluding carboxylic acids is 1. The minimum Gasteiger partial charge on any atom is -0.463 e. The lowest BCUT2D eigenvalue weighted by molar-refractivity contribution is -0.138. The van der Waals surface area contributed by atoms with E-state index in [9.17, 15) is 14.0 Å². The summed E-state index contributed by atoms with van der Waals surface area (Å²) in [5, 5.41) is 0. The molecule has 8 heteroatoms. The van der Waals surface area contributed by atoms with Gasteiger partial charge in [0.25, 0.3) is 5.56 Å². The van der Waals surface area contributed by atoms with Crippen LogP contribution < -0.4 is 14.9 Å². The third-order valence-electron chi connectivity index (χ3n) is 5.59. The predicted octanol–water partition coefficient (Wildman–Crippen LogP) is 3.98. The van der Waals surface area contributed by atoms with Crippen LogP contribution in [0, 0.1) is 12.7 Å². The molecule has 1 unspecified atom stereocenters. The Balaban J connectivity index is 1.83. The molecule has 0 spiro atoms. The molecule has 176 valence electrons. The summed E-state index contributed by atoms with van der Waals surface area (Å²) in [6.45, 7) is 3.70. The Hall–Kier alpha value is -4.04. The third-order valence-corrected chi connectivity index (χ3v) is 6.58. The number of ether oxygens (including phenoxy) is 1. The van der Waals surface area contributed by atoms with Crippen LogP contribution >= 0.6 is 11.3 Å². The maximum absolute atomic E-state index is 13.8. The van der Waals surface area contributed by atoms with Gasteiger partial charge in [0.1, 0.15) is 17.3 Å². The monoisotopic (exact) mass is 488 g/mol. The highest BCUT2D eigenvalue weighted by atomic mass is 32.1. The van der Waals surface area contributed by atoms with Gasteiger partial charge in [0.05, 0.1) is 28.5 Å². The summed E-state index contributed by atoms with van der Waals surface area (Å²) >= 11 is 1.20. The number of carbonyl (C=O) groups is 1. The molecular weight excluding hydrogens is 467 g/mol. The van der Waals surface area contributed by atoms with Crippen LogP contribution in [0.5, 0.6) is 0 Å². The minimum atomic E-state index is -0.846. The Kier molecular flexibility index (Phi) is 6.05. The van der Waals surface area contributed by atoms with Crippen LogP contribution in [0.4, 0.5) is 4.39 Å². The van der Waals surface area contributed by atoms with Crippen molar-refractivity contribution in [2.24, 2.45) is 4.99 Å². The number of rotatable bonds is 5. The van der Waals surface area contributed by atoms with Crippen molar-refractivity contribution < 1.29 is 18.3 Å². The molecule has 1 aliphatic rings. The van der Waals surface area contributed by atoms with Gasteiger partial charge in [0.15, 0.2) is 4.80 Å². The van der Waals surface area contributed by atoms with Crippen LogP contribution in [0.3, 0.4) is 0 Å². The number of hydrogen-bond donors (Lipinski definition) is 0. The first-order chi connectivity index (χ1) is 17.0. The Morgan fingerprint density at radius 3 is 2.54 bits per heavy atom. The Morgan fingerprint density at radius 2 is 1.89 bits per heavy atom. The fourth-order valence-corrected chi connectivity index (χ4v) is 5.04. The molecule has 0 N–H and O–H groups in total. The van der Waals surface area contributed by atoms with Gasteiger partial charge in [-0.25, -0.2) is 14.2 Å². The zero-order valence-electron chi connectivity index (χ0n) is 19.0. The van der Waals surface area contributed by atoms with E-state index in [-0.39, 0.29) is 17.7 Å². The second kappa shape index (κ2) is 9.31. The van der Waals surface area contributed by atoms with Gasteiger partial charge < -0.3 is 9.15 Å². The molecule has 4 aromatic rings. The lowest BCUT2D eigenvalue weighted by atomic mass is 9.93. The highest BCUT2D eigenvalue weighted by Gasteiger charge is 2.35. The Bertz CT molecular complexity index is 1610. The first-order valence-electron chi connectivity index (χ1n) is 11.1. The number of fused-ring (bicyclic) bond motifs is 1. The number of aromatic nitrogens is 1. The molecule has 1 aliphatic heterocycles. The number of furan rings is 1. The molecule has 0 amide bonds. The topological polar surface area (TPSA) is 73.8 Å². The van der Waals surface area contributed by atoms with Crippen molar-refractivity contribution in [3.63, 3.8) is 0 Å². The van der Waals surface area contributed by atoms with E-state index in [1.165, 1.54) is 28.0 Å². The quantitative estimate of drug-likeness (QED) is 0.399. The van der Waals surface area contributed by atoms with Crippen molar-refractivity contribution in [1.82, 2.24) is 4.57 Å². The summed E-state index contributed by atoms with van der Waals surface area (Å²) in [6, 6.07) is 17.8. The van der Waals surface area contributed by atoms with Crippen LogP contribution in [-0.2, 0) is 9.53 Å². The highest BCUT2D eigenvalue weighted by Crippen LogP contribution is 2.35. The largest absolute Gasteiger partial charge is 0.463 e. The fourth-order valence-electron chi connectivity index (χ4n) is 4.06. The van der Waals surface area contributed by atoms with E-state index in [0.717, 1.165) is 5.76 Å². The zero-order valence-corrected chi connectivity index (χ0v) is 19.8. The Labute approximate surface area is 203 Å². The van der Waals surface area contributed by atoms with Crippen LogP contribution in [0.2, 0.25) is 0 Å². The number of esters is 1. The number of nitrogens with zero attached hydrogens (tertiary/aromatic N) is 2. The van der Waals surface area contributed by atoms with E-state index in [1.54, 1.807) is 31.2 Å². The molecule has 0 fully saturated rings. The second-order valence-corrected chi connectivity index (χ2v) is 8.94. The van der Waals surface area contributed by atoms with Gasteiger partial charge in [-0.2, -0.15) is 0 Å². The molecule has 3 heterocycles. The Morgan fingerprint density at radius 1 is 1.14 bits per heavy atom. The number of thiazole rings is 1. The molecule has 0 aliphatic carbocycles. The average molecular weight is 489 g/mol. The van der Waals surface area contributed by atoms with Crippen molar-refractivity contribution in [3.8, 4) is 0 Å². The first-order valence-corrected chi connectivity index (χ1v) is 11.9. The number of aryl methyl sites for hydroxylation is 1. The van der Waals surface area contributed by atoms with Gasteiger partial charge in [-0.15, -0.1) is 0 Å². The normalized spacial score (nSPS) is 15.6. The van der Waals surface area contributed by atoms with Crippen LogP contribution in [0.25, 0.3) is 11.8 Å². The predicted molar refractivity (Wildman–Crippen MR) is 131 cm³/mol. The van der Waals surface area contributed by atoms with Gasteiger partial charge in [-0.3, -0.25) is 9.36 Å². The molecule has 6 nitrogen and oxygen atoms in total. The molecule has 35 heavy (non-hydrogen) atoms. The SMILES string of the molecule is CCOC(=O)C1=C(c2ccccc2)N=c2s/c(=C\c3ccc(C)o3)c(=O)n2C1c1ccc(F)cc1. The zero-order chi connectivity index (χ0) is 24.5. The smallest absolute Gasteiger partial charge is 0.338 e. The summed E-state index contributed by atoms with van der Waals surface area (Å²) < 4.78 is 26.7. The molecule has 5 rings (SSSR count). The van der Waals surface area contributed by atoms with Crippen molar-refractivity contribution in [1.29, 1.82) is 0 Å². The fraction of sp³-hybridized carbons (Fsp3) is 0.148. The van der Waals surface area contributed by atoms with Crippen LogP contribution in [-0.4, -0.2) is 17.1 Å². The number of benzene rings is 2. The van der Waals surface area contributed by atoms with E-state index in [4.69, 9.17) is 14.1 Å². The molecule has 0 radical (unpaired) electrons. The van der Waals surface area contributed by atoms with Crippen molar-refractivity contribution in [2.45, 2.75) is 19.9 Å². The lowest BCUT2D eigenvalue weighted by Crippen LogP contribution is -2.40. The molecule has 0 saturated carbocycles. The van der Waals surface area contributed by atoms with Gasteiger partial charge >= 0.3 is 5.97 Å². The minimum absolute atomic E-state index is 0.156. The summed E-state index contributed by atoms with van der Waals surface area (Å²) in [5.41, 5.74) is 1.59. The summed E-state index contributed by atoms with van der Waals surface area (Å²) in [7, 11) is 0. The van der Waals surface area contributed by atoms with Gasteiger partial charge in [0.2, 0.25) is 0 Å². The average Bonchev–Trinajstić information content (AvgIpc) is 3.41. The van der Waals surface area contributed by atoms with Crippen molar-refractivity contribution >= 4 is 29.1 Å². The van der Waals surface area contributed by atoms with E-state index in [0.29, 0.717) is 31.9 Å². The second-order valence-electron chi connectivity index (χ2n) is 7.93. The lowest BCUT2D eigenvalue weighted by Gasteiger charge is -2.25. The van der Waals surface area contributed by atoms with Gasteiger partial charge in [-0.1, -0.05) is 53.8 Å². The van der Waals surface area contributed by atoms with Crippen molar-refractivity contribution in [3.05, 3.63) is 120 Å². The van der Waals surface area contributed by atoms with Crippen LogP contribution in [0.15, 0.2) is 86.5 Å². The van der Waals surface area contributed by atoms with E-state index >= 15 is 0 Å². The van der Waals surface area contributed by atoms with Gasteiger partial charge in [0, 0.05) is 11.6 Å². The maximum Gasteiger partial charge on any atom is 0.338 e.